The lowest BCUT2D eigenvalue weighted by Crippen LogP contribution is -2.18. The van der Waals surface area contributed by atoms with Crippen LogP contribution in [0.2, 0.25) is 5.02 Å². The first-order chi connectivity index (χ1) is 11.2. The van der Waals surface area contributed by atoms with Crippen LogP contribution in [-0.2, 0) is 0 Å². The maximum Gasteiger partial charge on any atom is 0.255 e. The average Bonchev–Trinajstić information content (AvgIpc) is 3.09. The van der Waals surface area contributed by atoms with Crippen molar-refractivity contribution in [2.75, 3.05) is 30.4 Å². The van der Waals surface area contributed by atoms with Gasteiger partial charge >= 0.3 is 0 Å². The topological polar surface area (TPSA) is 41.6 Å². The third-order valence-corrected chi connectivity index (χ3v) is 4.31. The second kappa shape index (κ2) is 6.92. The Kier molecular flexibility index (Phi) is 4.72. The molecule has 2 aromatic rings. The lowest BCUT2D eigenvalue weighted by atomic mass is 10.1. The van der Waals surface area contributed by atoms with E-state index in [1.807, 2.05) is 24.3 Å². The Balaban J connectivity index is 1.69. The van der Waals surface area contributed by atoms with Crippen molar-refractivity contribution in [1.29, 1.82) is 0 Å². The smallest absolute Gasteiger partial charge is 0.255 e. The van der Waals surface area contributed by atoms with Gasteiger partial charge in [-0.2, -0.15) is 0 Å². The zero-order valence-electron chi connectivity index (χ0n) is 13.0. The summed E-state index contributed by atoms with van der Waals surface area (Å²) < 4.78 is 5.10. The summed E-state index contributed by atoms with van der Waals surface area (Å²) in [6.07, 6.45) is 2.47. The normalized spacial score (nSPS) is 13.9. The highest BCUT2D eigenvalue weighted by Crippen LogP contribution is 2.27. The molecule has 1 saturated heterocycles. The molecular weight excluding hydrogens is 312 g/mol. The second-order valence-electron chi connectivity index (χ2n) is 5.54. The molecule has 0 radical (unpaired) electrons. The van der Waals surface area contributed by atoms with Crippen molar-refractivity contribution in [3.05, 3.63) is 53.1 Å². The molecule has 1 heterocycles. The highest BCUT2D eigenvalue weighted by molar-refractivity contribution is 6.32. The third kappa shape index (κ3) is 3.59. The number of hydrogen-bond acceptors (Lipinski definition) is 3. The molecule has 0 unspecified atom stereocenters. The molecule has 3 rings (SSSR count). The number of carbonyl (C=O) groups excluding carboxylic acids is 1. The van der Waals surface area contributed by atoms with E-state index in [0.717, 1.165) is 13.1 Å². The SMILES string of the molecule is COc1ccc(NC(=O)c2ccc(N3CCCC3)cc2)cc1Cl. The third-order valence-electron chi connectivity index (χ3n) is 4.01. The van der Waals surface area contributed by atoms with E-state index in [0.29, 0.717) is 22.0 Å². The fourth-order valence-electron chi connectivity index (χ4n) is 2.75. The summed E-state index contributed by atoms with van der Waals surface area (Å²) in [6, 6.07) is 12.9. The quantitative estimate of drug-likeness (QED) is 0.913. The summed E-state index contributed by atoms with van der Waals surface area (Å²) in [5.41, 5.74) is 2.44. The van der Waals surface area contributed by atoms with Gasteiger partial charge in [0.2, 0.25) is 0 Å². The molecule has 0 atom stereocenters. The maximum absolute atomic E-state index is 12.3. The van der Waals surface area contributed by atoms with Gasteiger partial charge in [0.25, 0.3) is 5.91 Å². The summed E-state index contributed by atoms with van der Waals surface area (Å²) in [5, 5.41) is 3.31. The van der Waals surface area contributed by atoms with Gasteiger partial charge in [-0.1, -0.05) is 11.6 Å². The first-order valence-electron chi connectivity index (χ1n) is 7.67. The Labute approximate surface area is 141 Å². The van der Waals surface area contributed by atoms with E-state index >= 15 is 0 Å². The van der Waals surface area contributed by atoms with Crippen LogP contribution >= 0.6 is 11.6 Å². The molecule has 4 nitrogen and oxygen atoms in total. The van der Waals surface area contributed by atoms with Gasteiger partial charge in [-0.25, -0.2) is 0 Å². The zero-order valence-corrected chi connectivity index (χ0v) is 13.8. The minimum absolute atomic E-state index is 0.154. The highest BCUT2D eigenvalue weighted by Gasteiger charge is 2.13. The van der Waals surface area contributed by atoms with Crippen molar-refractivity contribution in [3.63, 3.8) is 0 Å². The van der Waals surface area contributed by atoms with Crippen molar-refractivity contribution < 1.29 is 9.53 Å². The Morgan fingerprint density at radius 3 is 2.43 bits per heavy atom. The van der Waals surface area contributed by atoms with Gasteiger partial charge < -0.3 is 15.0 Å². The Bertz CT molecular complexity index is 695. The zero-order chi connectivity index (χ0) is 16.2. The molecule has 1 fully saturated rings. The highest BCUT2D eigenvalue weighted by atomic mass is 35.5. The molecule has 1 N–H and O–H groups in total. The molecule has 120 valence electrons. The van der Waals surface area contributed by atoms with E-state index in [2.05, 4.69) is 10.2 Å². The molecule has 0 bridgehead atoms. The minimum Gasteiger partial charge on any atom is -0.495 e. The van der Waals surface area contributed by atoms with Crippen molar-refractivity contribution in [1.82, 2.24) is 0 Å². The lowest BCUT2D eigenvalue weighted by molar-refractivity contribution is 0.102. The monoisotopic (exact) mass is 330 g/mol. The first-order valence-corrected chi connectivity index (χ1v) is 8.05. The van der Waals surface area contributed by atoms with Crippen molar-refractivity contribution in [2.24, 2.45) is 0 Å². The summed E-state index contributed by atoms with van der Waals surface area (Å²) in [4.78, 5) is 14.7. The van der Waals surface area contributed by atoms with Crippen LogP contribution in [0.25, 0.3) is 0 Å². The Morgan fingerprint density at radius 1 is 1.13 bits per heavy atom. The average molecular weight is 331 g/mol. The van der Waals surface area contributed by atoms with Gasteiger partial charge in [-0.15, -0.1) is 0 Å². The van der Waals surface area contributed by atoms with Crippen LogP contribution in [-0.4, -0.2) is 26.1 Å². The van der Waals surface area contributed by atoms with Crippen LogP contribution in [0.4, 0.5) is 11.4 Å². The van der Waals surface area contributed by atoms with E-state index in [1.54, 1.807) is 25.3 Å². The number of hydrogen-bond donors (Lipinski definition) is 1. The van der Waals surface area contributed by atoms with Crippen molar-refractivity contribution in [2.45, 2.75) is 12.8 Å². The number of anilines is 2. The van der Waals surface area contributed by atoms with Gasteiger partial charge in [0.15, 0.2) is 0 Å². The van der Waals surface area contributed by atoms with E-state index in [1.165, 1.54) is 18.5 Å². The number of carbonyl (C=O) groups is 1. The second-order valence-corrected chi connectivity index (χ2v) is 5.95. The Morgan fingerprint density at radius 2 is 1.83 bits per heavy atom. The van der Waals surface area contributed by atoms with Crippen LogP contribution in [0.15, 0.2) is 42.5 Å². The molecular formula is C18H19ClN2O2. The van der Waals surface area contributed by atoms with Crippen LogP contribution < -0.4 is 15.0 Å². The predicted molar refractivity (Wildman–Crippen MR) is 93.8 cm³/mol. The Hall–Kier alpha value is -2.20. The number of ether oxygens (including phenoxy) is 1. The summed E-state index contributed by atoms with van der Waals surface area (Å²) in [7, 11) is 1.56. The summed E-state index contributed by atoms with van der Waals surface area (Å²) in [5.74, 6) is 0.429. The molecule has 0 spiro atoms. The number of methoxy groups -OCH3 is 1. The van der Waals surface area contributed by atoms with E-state index in [4.69, 9.17) is 16.3 Å². The number of nitrogens with zero attached hydrogens (tertiary/aromatic N) is 1. The van der Waals surface area contributed by atoms with Gasteiger partial charge in [-0.05, 0) is 55.3 Å². The predicted octanol–water partition coefficient (Wildman–Crippen LogP) is 4.20. The summed E-state index contributed by atoms with van der Waals surface area (Å²) in [6.45, 7) is 2.19. The van der Waals surface area contributed by atoms with Crippen molar-refractivity contribution in [3.8, 4) is 5.75 Å². The van der Waals surface area contributed by atoms with Crippen molar-refractivity contribution >= 4 is 28.9 Å². The fraction of sp³-hybridized carbons (Fsp3) is 0.278. The number of benzene rings is 2. The fourth-order valence-corrected chi connectivity index (χ4v) is 3.00. The lowest BCUT2D eigenvalue weighted by Gasteiger charge is -2.17. The molecule has 1 aliphatic heterocycles. The van der Waals surface area contributed by atoms with Gasteiger partial charge in [-0.3, -0.25) is 4.79 Å². The number of amides is 1. The molecule has 0 saturated carbocycles. The van der Waals surface area contributed by atoms with E-state index < -0.39 is 0 Å². The molecule has 23 heavy (non-hydrogen) atoms. The largest absolute Gasteiger partial charge is 0.495 e. The first kappa shape index (κ1) is 15.7. The van der Waals surface area contributed by atoms with E-state index in [-0.39, 0.29) is 5.91 Å². The van der Waals surface area contributed by atoms with Gasteiger partial charge in [0.05, 0.1) is 12.1 Å². The standard InChI is InChI=1S/C18H19ClN2O2/c1-23-17-9-6-14(12-16(17)19)20-18(22)13-4-7-15(8-5-13)21-10-2-3-11-21/h4-9,12H,2-3,10-11H2,1H3,(H,20,22). The van der Waals surface area contributed by atoms with Crippen LogP contribution in [0, 0.1) is 0 Å². The number of nitrogens with one attached hydrogen (secondary N) is 1. The molecule has 1 amide bonds. The summed E-state index contributed by atoms with van der Waals surface area (Å²) >= 11 is 6.07. The van der Waals surface area contributed by atoms with Gasteiger partial charge in [0.1, 0.15) is 5.75 Å². The molecule has 5 heteroatoms. The number of rotatable bonds is 4. The molecule has 0 aliphatic carbocycles. The van der Waals surface area contributed by atoms with Gasteiger partial charge in [0, 0.05) is 30.0 Å². The van der Waals surface area contributed by atoms with Crippen LogP contribution in [0.1, 0.15) is 23.2 Å². The minimum atomic E-state index is -0.154. The number of halogens is 1. The molecule has 1 aliphatic rings. The van der Waals surface area contributed by atoms with Crippen LogP contribution in [0.3, 0.4) is 0 Å². The van der Waals surface area contributed by atoms with Crippen LogP contribution in [0.5, 0.6) is 5.75 Å². The maximum atomic E-state index is 12.3. The van der Waals surface area contributed by atoms with E-state index in [9.17, 15) is 4.79 Å². The molecule has 2 aromatic carbocycles. The molecule has 0 aromatic heterocycles.